The van der Waals surface area contributed by atoms with Crippen LogP contribution in [0.4, 0.5) is 5.13 Å². The summed E-state index contributed by atoms with van der Waals surface area (Å²) in [7, 11) is -3.73. The summed E-state index contributed by atoms with van der Waals surface area (Å²) >= 11 is 1.30. The van der Waals surface area contributed by atoms with Crippen molar-refractivity contribution in [1.29, 1.82) is 0 Å². The topological polar surface area (TPSA) is 118 Å². The number of aromatic nitrogens is 1. The van der Waals surface area contributed by atoms with Crippen molar-refractivity contribution >= 4 is 38.3 Å². The van der Waals surface area contributed by atoms with Crippen LogP contribution in [-0.4, -0.2) is 61.9 Å². The van der Waals surface area contributed by atoms with E-state index in [1.54, 1.807) is 0 Å². The normalized spacial score (nSPS) is 16.1. The highest BCUT2D eigenvalue weighted by Gasteiger charge is 2.28. The highest BCUT2D eigenvalue weighted by atomic mass is 32.2. The van der Waals surface area contributed by atoms with Crippen LogP contribution in [0, 0.1) is 12.8 Å². The molecule has 0 radical (unpaired) electrons. The van der Waals surface area contributed by atoms with Gasteiger partial charge in [0.05, 0.1) is 23.8 Å². The number of amides is 2. The number of nitrogens with one attached hydrogen (secondary N) is 2. The number of anilines is 1. The number of carbonyl (C=O) groups excluding carboxylic acids is 2. The first kappa shape index (κ1) is 23.3. The fourth-order valence-electron chi connectivity index (χ4n) is 3.09. The van der Waals surface area contributed by atoms with E-state index in [2.05, 4.69) is 15.6 Å². The predicted octanol–water partition coefficient (Wildman–Crippen LogP) is 1.87. The minimum absolute atomic E-state index is 0.0332. The Labute approximate surface area is 185 Å². The van der Waals surface area contributed by atoms with Gasteiger partial charge in [-0.05, 0) is 31.0 Å². The van der Waals surface area contributed by atoms with E-state index in [0.29, 0.717) is 18.3 Å². The molecule has 0 aliphatic carbocycles. The van der Waals surface area contributed by atoms with Gasteiger partial charge < -0.3 is 15.4 Å². The average Bonchev–Trinajstić information content (AvgIpc) is 3.16. The third-order valence-electron chi connectivity index (χ3n) is 4.79. The number of morpholine rings is 1. The number of nitrogens with zero attached hydrogens (tertiary/aromatic N) is 2. The summed E-state index contributed by atoms with van der Waals surface area (Å²) in [5, 5.41) is 7.71. The van der Waals surface area contributed by atoms with Gasteiger partial charge in [-0.25, -0.2) is 13.4 Å². The quantitative estimate of drug-likeness (QED) is 0.643. The molecule has 0 bridgehead atoms. The first-order chi connectivity index (χ1) is 14.7. The number of benzene rings is 1. The number of ether oxygens (including phenoxy) is 1. The molecule has 0 spiro atoms. The van der Waals surface area contributed by atoms with Gasteiger partial charge in [-0.3, -0.25) is 9.59 Å². The van der Waals surface area contributed by atoms with Crippen LogP contribution >= 0.6 is 11.3 Å². The van der Waals surface area contributed by atoms with E-state index in [1.807, 2.05) is 26.2 Å². The van der Waals surface area contributed by atoms with E-state index in [-0.39, 0.29) is 35.4 Å². The Morgan fingerprint density at radius 2 is 1.94 bits per heavy atom. The number of aryl methyl sites for hydroxylation is 1. The SMILES string of the molecule is Cc1csc(NC(=O)C(NC(=O)c2cccc(S(=O)(=O)N3CCOCC3)c2)C(C)C)n1. The van der Waals surface area contributed by atoms with Crippen LogP contribution in [0.3, 0.4) is 0 Å². The molecule has 1 unspecified atom stereocenters. The van der Waals surface area contributed by atoms with Crippen LogP contribution in [-0.2, 0) is 19.6 Å². The van der Waals surface area contributed by atoms with Gasteiger partial charge in [0.2, 0.25) is 15.9 Å². The third kappa shape index (κ3) is 5.67. The Morgan fingerprint density at radius 1 is 1.23 bits per heavy atom. The van der Waals surface area contributed by atoms with Crippen molar-refractivity contribution in [1.82, 2.24) is 14.6 Å². The highest BCUT2D eigenvalue weighted by molar-refractivity contribution is 7.89. The van der Waals surface area contributed by atoms with E-state index in [0.717, 1.165) is 5.69 Å². The van der Waals surface area contributed by atoms with Gasteiger partial charge in [-0.2, -0.15) is 4.31 Å². The average molecular weight is 467 g/mol. The second-order valence-electron chi connectivity index (χ2n) is 7.52. The summed E-state index contributed by atoms with van der Waals surface area (Å²) in [6.07, 6.45) is 0. The van der Waals surface area contributed by atoms with Crippen molar-refractivity contribution in [2.75, 3.05) is 31.6 Å². The number of thiazole rings is 1. The van der Waals surface area contributed by atoms with E-state index < -0.39 is 22.0 Å². The lowest BCUT2D eigenvalue weighted by molar-refractivity contribution is -0.118. The van der Waals surface area contributed by atoms with Gasteiger partial charge in [-0.1, -0.05) is 19.9 Å². The van der Waals surface area contributed by atoms with Crippen molar-refractivity contribution < 1.29 is 22.7 Å². The summed E-state index contributed by atoms with van der Waals surface area (Å²) in [4.78, 5) is 29.8. The lowest BCUT2D eigenvalue weighted by atomic mass is 10.0. The molecular formula is C20H26N4O5S2. The van der Waals surface area contributed by atoms with E-state index in [4.69, 9.17) is 4.74 Å². The summed E-state index contributed by atoms with van der Waals surface area (Å²) in [5.41, 5.74) is 0.960. The second kappa shape index (κ2) is 9.86. The maximum absolute atomic E-state index is 12.9. The molecule has 168 valence electrons. The molecular weight excluding hydrogens is 440 g/mol. The van der Waals surface area contributed by atoms with Crippen molar-refractivity contribution in [2.45, 2.75) is 31.7 Å². The van der Waals surface area contributed by atoms with Crippen molar-refractivity contribution in [2.24, 2.45) is 5.92 Å². The number of rotatable bonds is 7. The molecule has 3 rings (SSSR count). The molecule has 9 nitrogen and oxygen atoms in total. The monoisotopic (exact) mass is 466 g/mol. The summed E-state index contributed by atoms with van der Waals surface area (Å²) in [6, 6.07) is 5.02. The maximum atomic E-state index is 12.9. The molecule has 1 atom stereocenters. The predicted molar refractivity (Wildman–Crippen MR) is 118 cm³/mol. The summed E-state index contributed by atoms with van der Waals surface area (Å²) in [5.74, 6) is -1.09. The number of hydrogen-bond donors (Lipinski definition) is 2. The number of carbonyl (C=O) groups is 2. The minimum Gasteiger partial charge on any atom is -0.379 e. The largest absolute Gasteiger partial charge is 0.379 e. The van der Waals surface area contributed by atoms with Crippen LogP contribution < -0.4 is 10.6 Å². The zero-order valence-electron chi connectivity index (χ0n) is 17.6. The van der Waals surface area contributed by atoms with Crippen molar-refractivity contribution in [3.05, 3.63) is 40.9 Å². The van der Waals surface area contributed by atoms with Gasteiger partial charge >= 0.3 is 0 Å². The van der Waals surface area contributed by atoms with Crippen LogP contribution in [0.15, 0.2) is 34.5 Å². The molecule has 1 aliphatic heterocycles. The zero-order chi connectivity index (χ0) is 22.6. The van der Waals surface area contributed by atoms with E-state index >= 15 is 0 Å². The smallest absolute Gasteiger partial charge is 0.251 e. The molecule has 0 saturated carbocycles. The molecule has 1 aromatic heterocycles. The Hall–Kier alpha value is -2.34. The molecule has 2 N–H and O–H groups in total. The van der Waals surface area contributed by atoms with Crippen LogP contribution in [0.1, 0.15) is 29.9 Å². The Balaban J connectivity index is 1.75. The molecule has 1 aliphatic rings. The highest BCUT2D eigenvalue weighted by Crippen LogP contribution is 2.19. The molecule has 2 amide bonds. The van der Waals surface area contributed by atoms with Gasteiger partial charge in [0.1, 0.15) is 6.04 Å². The van der Waals surface area contributed by atoms with Crippen molar-refractivity contribution in [3.8, 4) is 0 Å². The van der Waals surface area contributed by atoms with Crippen LogP contribution in [0.5, 0.6) is 0 Å². The Bertz CT molecular complexity index is 1050. The molecule has 1 saturated heterocycles. The van der Waals surface area contributed by atoms with E-state index in [9.17, 15) is 18.0 Å². The van der Waals surface area contributed by atoms with Gasteiger partial charge in [0.25, 0.3) is 5.91 Å². The van der Waals surface area contributed by atoms with Crippen molar-refractivity contribution in [3.63, 3.8) is 0 Å². The zero-order valence-corrected chi connectivity index (χ0v) is 19.3. The molecule has 2 heterocycles. The number of sulfonamides is 1. The molecule has 31 heavy (non-hydrogen) atoms. The molecule has 1 aromatic carbocycles. The maximum Gasteiger partial charge on any atom is 0.251 e. The summed E-state index contributed by atoms with van der Waals surface area (Å²) in [6.45, 7) is 6.67. The lowest BCUT2D eigenvalue weighted by Crippen LogP contribution is -2.47. The van der Waals surface area contributed by atoms with Crippen LogP contribution in [0.25, 0.3) is 0 Å². The fraction of sp³-hybridized carbons (Fsp3) is 0.450. The van der Waals surface area contributed by atoms with Gasteiger partial charge in [0, 0.05) is 24.0 Å². The Morgan fingerprint density at radius 3 is 2.55 bits per heavy atom. The fourth-order valence-corrected chi connectivity index (χ4v) is 5.23. The summed E-state index contributed by atoms with van der Waals surface area (Å²) < 4.78 is 32.3. The first-order valence-electron chi connectivity index (χ1n) is 9.90. The van der Waals surface area contributed by atoms with Gasteiger partial charge in [-0.15, -0.1) is 11.3 Å². The Kier molecular flexibility index (Phi) is 7.42. The van der Waals surface area contributed by atoms with Crippen LogP contribution in [0.2, 0.25) is 0 Å². The molecule has 1 fully saturated rings. The first-order valence-corrected chi connectivity index (χ1v) is 12.2. The van der Waals surface area contributed by atoms with Gasteiger partial charge in [0.15, 0.2) is 5.13 Å². The van der Waals surface area contributed by atoms with E-state index in [1.165, 1.54) is 39.9 Å². The molecule has 2 aromatic rings. The lowest BCUT2D eigenvalue weighted by Gasteiger charge is -2.26. The minimum atomic E-state index is -3.73. The standard InChI is InChI=1S/C20H26N4O5S2/c1-13(2)17(19(26)23-20-21-14(3)12-30-20)22-18(25)15-5-4-6-16(11-15)31(27,28)24-7-9-29-10-8-24/h4-6,11-13,17H,7-10H2,1-3H3,(H,22,25)(H,21,23,26). The number of hydrogen-bond acceptors (Lipinski definition) is 7. The molecule has 11 heteroatoms. The second-order valence-corrected chi connectivity index (χ2v) is 10.3. The third-order valence-corrected chi connectivity index (χ3v) is 7.56.